The number of nitrogens with zero attached hydrogens (tertiary/aromatic N) is 2. The Balaban J connectivity index is 1.35. The van der Waals surface area contributed by atoms with Gasteiger partial charge in [0.15, 0.2) is 0 Å². The molecule has 2 heterocycles. The molecule has 3 aliphatic rings. The number of ether oxygens (including phenoxy) is 1. The third kappa shape index (κ3) is 5.92. The van der Waals surface area contributed by atoms with E-state index in [1.54, 1.807) is 4.90 Å². The maximum atomic E-state index is 12.7. The van der Waals surface area contributed by atoms with E-state index in [9.17, 15) is 19.2 Å². The Morgan fingerprint density at radius 3 is 2.23 bits per heavy atom. The van der Waals surface area contributed by atoms with Crippen molar-refractivity contribution in [2.45, 2.75) is 71.3 Å². The van der Waals surface area contributed by atoms with Gasteiger partial charge in [-0.05, 0) is 71.1 Å². The first-order valence-electron chi connectivity index (χ1n) is 11.2. The van der Waals surface area contributed by atoms with Crippen LogP contribution < -0.4 is 0 Å². The molecule has 0 unspecified atom stereocenters. The smallest absolute Gasteiger partial charge is 0.410 e. The Morgan fingerprint density at radius 2 is 1.63 bits per heavy atom. The van der Waals surface area contributed by atoms with Gasteiger partial charge >= 0.3 is 6.09 Å². The minimum absolute atomic E-state index is 0.0905. The van der Waals surface area contributed by atoms with Crippen LogP contribution in [0, 0.1) is 17.8 Å². The van der Waals surface area contributed by atoms with Gasteiger partial charge in [-0.2, -0.15) is 0 Å². The van der Waals surface area contributed by atoms with Crippen LogP contribution in [0.1, 0.15) is 65.7 Å². The van der Waals surface area contributed by atoms with Crippen LogP contribution in [0.25, 0.3) is 0 Å². The van der Waals surface area contributed by atoms with Gasteiger partial charge in [-0.3, -0.25) is 19.3 Å². The van der Waals surface area contributed by atoms with Crippen molar-refractivity contribution in [3.05, 3.63) is 12.2 Å². The summed E-state index contributed by atoms with van der Waals surface area (Å²) in [5.41, 5.74) is -0.490. The van der Waals surface area contributed by atoms with Crippen LogP contribution in [0.4, 0.5) is 4.79 Å². The molecule has 7 nitrogen and oxygen atoms in total. The van der Waals surface area contributed by atoms with Gasteiger partial charge in [-0.15, -0.1) is 0 Å². The fourth-order valence-corrected chi connectivity index (χ4v) is 4.65. The number of carbonyl (C=O) groups is 4. The fourth-order valence-electron chi connectivity index (χ4n) is 4.65. The summed E-state index contributed by atoms with van der Waals surface area (Å²) >= 11 is 0. The highest BCUT2D eigenvalue weighted by Gasteiger charge is 2.33. The number of amides is 3. The zero-order valence-electron chi connectivity index (χ0n) is 18.4. The molecule has 1 saturated carbocycles. The highest BCUT2D eigenvalue weighted by Crippen LogP contribution is 2.32. The third-order valence-corrected chi connectivity index (χ3v) is 6.38. The first-order valence-corrected chi connectivity index (χ1v) is 11.2. The number of ketones is 1. The van der Waals surface area contributed by atoms with Crippen LogP contribution in [0.2, 0.25) is 0 Å². The van der Waals surface area contributed by atoms with E-state index in [1.807, 2.05) is 20.8 Å². The van der Waals surface area contributed by atoms with E-state index >= 15 is 0 Å². The van der Waals surface area contributed by atoms with Crippen molar-refractivity contribution in [3.8, 4) is 0 Å². The first kappa shape index (κ1) is 22.5. The molecule has 7 heteroatoms. The number of imide groups is 1. The molecule has 3 amide bonds. The Kier molecular flexibility index (Phi) is 6.98. The lowest BCUT2D eigenvalue weighted by Crippen LogP contribution is -2.36. The molecule has 2 fully saturated rings. The van der Waals surface area contributed by atoms with E-state index in [-0.39, 0.29) is 23.8 Å². The minimum atomic E-state index is -0.490. The SMILES string of the molecule is CC(C)(C)OC(=O)N1CC[C@H](CCC(=O)C2CCC(CN3C(=O)C=CC3=O)CC2)C1. The number of hydrogen-bond donors (Lipinski definition) is 0. The molecule has 0 spiro atoms. The van der Waals surface area contributed by atoms with Crippen LogP contribution in [-0.2, 0) is 19.1 Å². The quantitative estimate of drug-likeness (QED) is 0.618. The Labute approximate surface area is 178 Å². The monoisotopic (exact) mass is 418 g/mol. The van der Waals surface area contributed by atoms with Gasteiger partial charge < -0.3 is 9.64 Å². The van der Waals surface area contributed by atoms with Crippen molar-refractivity contribution in [1.29, 1.82) is 0 Å². The lowest BCUT2D eigenvalue weighted by atomic mass is 9.78. The van der Waals surface area contributed by atoms with Crippen molar-refractivity contribution in [1.82, 2.24) is 9.80 Å². The van der Waals surface area contributed by atoms with Crippen LogP contribution >= 0.6 is 0 Å². The molecule has 0 N–H and O–H groups in total. The number of rotatable bonds is 6. The Hall–Kier alpha value is -2.18. The summed E-state index contributed by atoms with van der Waals surface area (Å²) in [5, 5.41) is 0. The summed E-state index contributed by atoms with van der Waals surface area (Å²) in [6.45, 7) is 7.42. The molecule has 1 saturated heterocycles. The molecule has 0 radical (unpaired) electrons. The summed E-state index contributed by atoms with van der Waals surface area (Å²) < 4.78 is 5.43. The van der Waals surface area contributed by atoms with Crippen LogP contribution in [-0.4, -0.2) is 58.7 Å². The van der Waals surface area contributed by atoms with Crippen molar-refractivity contribution >= 4 is 23.7 Å². The molecule has 1 aliphatic carbocycles. The molecule has 3 rings (SSSR count). The molecule has 30 heavy (non-hydrogen) atoms. The van der Waals surface area contributed by atoms with Gasteiger partial charge in [-0.25, -0.2) is 4.79 Å². The van der Waals surface area contributed by atoms with Gasteiger partial charge in [0.25, 0.3) is 11.8 Å². The van der Waals surface area contributed by atoms with Crippen LogP contribution in [0.15, 0.2) is 12.2 Å². The number of likely N-dealkylation sites (tertiary alicyclic amines) is 1. The van der Waals surface area contributed by atoms with Crippen molar-refractivity contribution in [3.63, 3.8) is 0 Å². The summed E-state index contributed by atoms with van der Waals surface area (Å²) in [6, 6.07) is 0. The molecule has 0 aromatic carbocycles. The molecular weight excluding hydrogens is 384 g/mol. The van der Waals surface area contributed by atoms with Gasteiger partial charge in [-0.1, -0.05) is 0 Å². The van der Waals surface area contributed by atoms with Crippen LogP contribution in [0.5, 0.6) is 0 Å². The topological polar surface area (TPSA) is 84.0 Å². The van der Waals surface area contributed by atoms with E-state index in [0.717, 1.165) is 38.5 Å². The van der Waals surface area contributed by atoms with Crippen molar-refractivity contribution < 1.29 is 23.9 Å². The first-order chi connectivity index (χ1) is 14.1. The Bertz CT molecular complexity index is 698. The van der Waals surface area contributed by atoms with Gasteiger partial charge in [0.2, 0.25) is 0 Å². The zero-order chi connectivity index (χ0) is 21.9. The summed E-state index contributed by atoms with van der Waals surface area (Å²) in [6.07, 6.45) is 8.12. The normalized spacial score (nSPS) is 27.1. The average Bonchev–Trinajstić information content (AvgIpc) is 3.28. The zero-order valence-corrected chi connectivity index (χ0v) is 18.4. The Morgan fingerprint density at radius 1 is 1.00 bits per heavy atom. The summed E-state index contributed by atoms with van der Waals surface area (Å²) in [7, 11) is 0. The van der Waals surface area contributed by atoms with E-state index in [0.29, 0.717) is 43.7 Å². The molecule has 0 bridgehead atoms. The van der Waals surface area contributed by atoms with Crippen LogP contribution in [0.3, 0.4) is 0 Å². The van der Waals surface area contributed by atoms with E-state index in [2.05, 4.69) is 0 Å². The van der Waals surface area contributed by atoms with Crippen molar-refractivity contribution in [2.75, 3.05) is 19.6 Å². The summed E-state index contributed by atoms with van der Waals surface area (Å²) in [4.78, 5) is 51.3. The molecule has 0 aromatic rings. The predicted octanol–water partition coefficient (Wildman–Crippen LogP) is 3.32. The average molecular weight is 419 g/mol. The van der Waals surface area contributed by atoms with Gasteiger partial charge in [0.1, 0.15) is 11.4 Å². The predicted molar refractivity (Wildman–Crippen MR) is 111 cm³/mol. The maximum Gasteiger partial charge on any atom is 0.410 e. The van der Waals surface area contributed by atoms with E-state index < -0.39 is 5.60 Å². The number of hydrogen-bond acceptors (Lipinski definition) is 5. The molecule has 2 aliphatic heterocycles. The molecule has 166 valence electrons. The van der Waals surface area contributed by atoms with E-state index in [4.69, 9.17) is 4.74 Å². The second-order valence-electron chi connectivity index (χ2n) is 9.92. The summed E-state index contributed by atoms with van der Waals surface area (Å²) in [5.74, 6) is 0.605. The third-order valence-electron chi connectivity index (χ3n) is 6.38. The van der Waals surface area contributed by atoms with Gasteiger partial charge in [0.05, 0.1) is 0 Å². The molecule has 1 atom stereocenters. The number of carbonyl (C=O) groups excluding carboxylic acids is 4. The second kappa shape index (κ2) is 9.31. The minimum Gasteiger partial charge on any atom is -0.444 e. The fraction of sp³-hybridized carbons (Fsp3) is 0.739. The highest BCUT2D eigenvalue weighted by atomic mass is 16.6. The maximum absolute atomic E-state index is 12.7. The molecular formula is C23H34N2O5. The standard InChI is InChI=1S/C23H34N2O5/c1-23(2,3)30-22(29)24-13-12-17(14-24)6-9-19(26)18-7-4-16(5-8-18)15-25-20(27)10-11-21(25)28/h10-11,16-18H,4-9,12-15H2,1-3H3/t16?,17-,18?/m0/s1. The second-order valence-corrected chi connectivity index (χ2v) is 9.92. The highest BCUT2D eigenvalue weighted by molar-refractivity contribution is 6.12. The van der Waals surface area contributed by atoms with Gasteiger partial charge in [0, 0.05) is 44.1 Å². The molecule has 0 aromatic heterocycles. The van der Waals surface area contributed by atoms with E-state index in [1.165, 1.54) is 17.1 Å². The lowest BCUT2D eigenvalue weighted by Gasteiger charge is -2.30. The largest absolute Gasteiger partial charge is 0.444 e. The number of Topliss-reactive ketones (excluding diaryl/α,β-unsaturated/α-hetero) is 1. The van der Waals surface area contributed by atoms with Crippen molar-refractivity contribution in [2.24, 2.45) is 17.8 Å². The lowest BCUT2D eigenvalue weighted by molar-refractivity contribution is -0.138.